The standard InChI is InChI=1S/C18H26N2O2/c1-2-6-18(5-1)22-19-15-16-7-9-17(10-8-16)21-14-13-20-11-3-4-12-20/h7-10,15,18H,1-6,11-14H2/b19-15+. The fourth-order valence-electron chi connectivity index (χ4n) is 3.12. The molecule has 0 bridgehead atoms. The number of hydrogen-bond donors (Lipinski definition) is 0. The van der Waals surface area contributed by atoms with Gasteiger partial charge in [-0.3, -0.25) is 4.90 Å². The maximum Gasteiger partial charge on any atom is 0.127 e. The molecule has 3 rings (SSSR count). The first kappa shape index (κ1) is 15.3. The molecule has 0 radical (unpaired) electrons. The highest BCUT2D eigenvalue weighted by atomic mass is 16.6. The van der Waals surface area contributed by atoms with Crippen LogP contribution in [0.5, 0.6) is 5.75 Å². The van der Waals surface area contributed by atoms with Gasteiger partial charge in [0, 0.05) is 6.54 Å². The maximum atomic E-state index is 5.79. The minimum Gasteiger partial charge on any atom is -0.492 e. The Labute approximate surface area is 133 Å². The number of benzene rings is 1. The monoisotopic (exact) mass is 302 g/mol. The summed E-state index contributed by atoms with van der Waals surface area (Å²) in [6.45, 7) is 4.23. The average molecular weight is 302 g/mol. The van der Waals surface area contributed by atoms with E-state index in [1.807, 2.05) is 24.3 Å². The predicted molar refractivity (Wildman–Crippen MR) is 88.5 cm³/mol. The zero-order valence-electron chi connectivity index (χ0n) is 13.2. The molecule has 0 unspecified atom stereocenters. The van der Waals surface area contributed by atoms with Crippen LogP contribution in [-0.4, -0.2) is 43.5 Å². The van der Waals surface area contributed by atoms with Crippen LogP contribution in [0.15, 0.2) is 29.4 Å². The molecule has 1 heterocycles. The van der Waals surface area contributed by atoms with Crippen LogP contribution >= 0.6 is 0 Å². The molecule has 2 fully saturated rings. The molecule has 120 valence electrons. The van der Waals surface area contributed by atoms with Crippen molar-refractivity contribution in [2.24, 2.45) is 5.16 Å². The van der Waals surface area contributed by atoms with Gasteiger partial charge < -0.3 is 9.57 Å². The number of hydrogen-bond acceptors (Lipinski definition) is 4. The molecule has 1 aliphatic heterocycles. The van der Waals surface area contributed by atoms with E-state index >= 15 is 0 Å². The molecule has 0 spiro atoms. The van der Waals surface area contributed by atoms with Gasteiger partial charge in [-0.2, -0.15) is 0 Å². The molecule has 1 saturated heterocycles. The van der Waals surface area contributed by atoms with Crippen molar-refractivity contribution in [2.75, 3.05) is 26.2 Å². The summed E-state index contributed by atoms with van der Waals surface area (Å²) in [5, 5.41) is 4.10. The van der Waals surface area contributed by atoms with Gasteiger partial charge in [-0.1, -0.05) is 5.16 Å². The molecule has 0 amide bonds. The third-order valence-corrected chi connectivity index (χ3v) is 4.47. The first-order chi connectivity index (χ1) is 10.9. The van der Waals surface area contributed by atoms with E-state index in [1.54, 1.807) is 6.21 Å². The molecular weight excluding hydrogens is 276 g/mol. The Bertz CT molecular complexity index is 460. The van der Waals surface area contributed by atoms with Gasteiger partial charge in [-0.25, -0.2) is 0 Å². The first-order valence-corrected chi connectivity index (χ1v) is 8.54. The Morgan fingerprint density at radius 3 is 2.50 bits per heavy atom. The summed E-state index contributed by atoms with van der Waals surface area (Å²) < 4.78 is 5.79. The lowest BCUT2D eigenvalue weighted by Crippen LogP contribution is -2.25. The highest BCUT2D eigenvalue weighted by molar-refractivity contribution is 5.79. The highest BCUT2D eigenvalue weighted by Crippen LogP contribution is 2.21. The summed E-state index contributed by atoms with van der Waals surface area (Å²) in [5.41, 5.74) is 1.05. The van der Waals surface area contributed by atoms with E-state index in [-0.39, 0.29) is 0 Å². The quantitative estimate of drug-likeness (QED) is 0.571. The molecule has 0 N–H and O–H groups in total. The van der Waals surface area contributed by atoms with Crippen LogP contribution in [0.3, 0.4) is 0 Å². The fraction of sp³-hybridized carbons (Fsp3) is 0.611. The molecule has 4 heteroatoms. The highest BCUT2D eigenvalue weighted by Gasteiger charge is 2.15. The van der Waals surface area contributed by atoms with Crippen molar-refractivity contribution in [3.8, 4) is 5.75 Å². The summed E-state index contributed by atoms with van der Waals surface area (Å²) in [5.74, 6) is 0.924. The van der Waals surface area contributed by atoms with E-state index in [4.69, 9.17) is 9.57 Å². The zero-order chi connectivity index (χ0) is 15.0. The van der Waals surface area contributed by atoms with E-state index in [0.29, 0.717) is 6.10 Å². The molecule has 1 aromatic rings. The zero-order valence-corrected chi connectivity index (χ0v) is 13.2. The van der Waals surface area contributed by atoms with Crippen LogP contribution in [-0.2, 0) is 4.84 Å². The number of likely N-dealkylation sites (tertiary alicyclic amines) is 1. The number of nitrogens with zero attached hydrogens (tertiary/aromatic N) is 2. The molecule has 22 heavy (non-hydrogen) atoms. The van der Waals surface area contributed by atoms with Gasteiger partial charge in [0.2, 0.25) is 0 Å². The predicted octanol–water partition coefficient (Wildman–Crippen LogP) is 3.45. The minimum atomic E-state index is 0.324. The molecule has 1 aromatic carbocycles. The van der Waals surface area contributed by atoms with Crippen LogP contribution in [0.4, 0.5) is 0 Å². The topological polar surface area (TPSA) is 34.1 Å². The normalized spacial score (nSPS) is 20.0. The van der Waals surface area contributed by atoms with E-state index < -0.39 is 0 Å². The molecule has 4 nitrogen and oxygen atoms in total. The Morgan fingerprint density at radius 1 is 1.05 bits per heavy atom. The van der Waals surface area contributed by atoms with E-state index in [1.165, 1.54) is 38.8 Å². The van der Waals surface area contributed by atoms with E-state index in [9.17, 15) is 0 Å². The van der Waals surface area contributed by atoms with E-state index in [2.05, 4.69) is 10.1 Å². The van der Waals surface area contributed by atoms with Crippen molar-refractivity contribution in [3.05, 3.63) is 29.8 Å². The molecule has 1 saturated carbocycles. The van der Waals surface area contributed by atoms with Crippen molar-refractivity contribution in [2.45, 2.75) is 44.6 Å². The molecule has 1 aliphatic carbocycles. The second-order valence-electron chi connectivity index (χ2n) is 6.21. The molecule has 2 aliphatic rings. The third-order valence-electron chi connectivity index (χ3n) is 4.47. The number of ether oxygens (including phenoxy) is 1. The lowest BCUT2D eigenvalue weighted by molar-refractivity contribution is 0.0657. The fourth-order valence-corrected chi connectivity index (χ4v) is 3.12. The second kappa shape index (κ2) is 8.18. The van der Waals surface area contributed by atoms with Gasteiger partial charge >= 0.3 is 0 Å². The van der Waals surface area contributed by atoms with Crippen molar-refractivity contribution in [3.63, 3.8) is 0 Å². The van der Waals surface area contributed by atoms with Crippen LogP contribution in [0.25, 0.3) is 0 Å². The van der Waals surface area contributed by atoms with Gasteiger partial charge in [0.1, 0.15) is 18.5 Å². The Morgan fingerprint density at radius 2 is 1.77 bits per heavy atom. The van der Waals surface area contributed by atoms with Crippen LogP contribution in [0.2, 0.25) is 0 Å². The SMILES string of the molecule is C(=N\OC1CCCC1)/c1ccc(OCCN2CCCC2)cc1. The van der Waals surface area contributed by atoms with E-state index in [0.717, 1.165) is 37.3 Å². The van der Waals surface area contributed by atoms with Crippen molar-refractivity contribution in [1.29, 1.82) is 0 Å². The largest absolute Gasteiger partial charge is 0.492 e. The van der Waals surface area contributed by atoms with Gasteiger partial charge in [0.15, 0.2) is 0 Å². The van der Waals surface area contributed by atoms with Crippen LogP contribution < -0.4 is 4.74 Å². The lowest BCUT2D eigenvalue weighted by Gasteiger charge is -2.14. The summed E-state index contributed by atoms with van der Waals surface area (Å²) in [7, 11) is 0. The Hall–Kier alpha value is -1.55. The van der Waals surface area contributed by atoms with Crippen molar-refractivity contribution < 1.29 is 9.57 Å². The summed E-state index contributed by atoms with van der Waals surface area (Å²) >= 11 is 0. The Kier molecular flexibility index (Phi) is 5.71. The number of oxime groups is 1. The molecule has 0 aromatic heterocycles. The van der Waals surface area contributed by atoms with Gasteiger partial charge in [-0.15, -0.1) is 0 Å². The van der Waals surface area contributed by atoms with Crippen molar-refractivity contribution in [1.82, 2.24) is 4.90 Å². The summed E-state index contributed by atoms with van der Waals surface area (Å²) in [6, 6.07) is 8.04. The minimum absolute atomic E-state index is 0.324. The maximum absolute atomic E-state index is 5.79. The molecule has 0 atom stereocenters. The van der Waals surface area contributed by atoms with Gasteiger partial charge in [-0.05, 0) is 81.4 Å². The first-order valence-electron chi connectivity index (χ1n) is 8.54. The molecular formula is C18H26N2O2. The third kappa shape index (κ3) is 4.73. The Balaban J connectivity index is 1.38. The number of rotatable bonds is 7. The van der Waals surface area contributed by atoms with Gasteiger partial charge in [0.25, 0.3) is 0 Å². The second-order valence-corrected chi connectivity index (χ2v) is 6.21. The lowest BCUT2D eigenvalue weighted by atomic mass is 10.2. The van der Waals surface area contributed by atoms with Gasteiger partial charge in [0.05, 0.1) is 6.21 Å². The van der Waals surface area contributed by atoms with Crippen molar-refractivity contribution >= 4 is 6.21 Å². The van der Waals surface area contributed by atoms with Crippen LogP contribution in [0.1, 0.15) is 44.1 Å². The smallest absolute Gasteiger partial charge is 0.127 e. The van der Waals surface area contributed by atoms with Crippen LogP contribution in [0, 0.1) is 0 Å². The average Bonchev–Trinajstić information content (AvgIpc) is 3.22. The summed E-state index contributed by atoms with van der Waals surface area (Å²) in [6.07, 6.45) is 9.58. The summed E-state index contributed by atoms with van der Waals surface area (Å²) in [4.78, 5) is 7.95.